The normalized spacial score (nSPS) is 10.6. The molecule has 5 heteroatoms. The Morgan fingerprint density at radius 2 is 1.95 bits per heavy atom. The van der Waals surface area contributed by atoms with Crippen molar-refractivity contribution in [2.45, 2.75) is 11.3 Å². The lowest BCUT2D eigenvalue weighted by Gasteiger charge is -2.05. The Morgan fingerprint density at radius 1 is 1.15 bits per heavy atom. The van der Waals surface area contributed by atoms with Crippen LogP contribution in [0.4, 0.5) is 4.39 Å². The van der Waals surface area contributed by atoms with Crippen LogP contribution in [0.3, 0.4) is 0 Å². The van der Waals surface area contributed by atoms with E-state index in [1.165, 1.54) is 23.9 Å². The third kappa shape index (κ3) is 4.72. The molecule has 0 bridgehead atoms. The summed E-state index contributed by atoms with van der Waals surface area (Å²) in [6, 6.07) is 12.2. The highest BCUT2D eigenvalue weighted by Crippen LogP contribution is 2.23. The second kappa shape index (κ2) is 7.38. The van der Waals surface area contributed by atoms with Crippen molar-refractivity contribution in [3.05, 3.63) is 62.8 Å². The van der Waals surface area contributed by atoms with E-state index in [0.717, 1.165) is 13.8 Å². The molecular weight excluding hydrogens is 407 g/mol. The molecule has 0 heterocycles. The first-order chi connectivity index (χ1) is 9.54. The van der Waals surface area contributed by atoms with E-state index in [4.69, 9.17) is 0 Å². The minimum atomic E-state index is -0.323. The Morgan fingerprint density at radius 3 is 2.70 bits per heavy atom. The van der Waals surface area contributed by atoms with Gasteiger partial charge in [0.15, 0.2) is 0 Å². The molecule has 0 saturated carbocycles. The standard InChI is InChI=1S/C15H11Br2FOS/c16-11-2-1-3-14(8-11)20-9-13(19)7-10-6-12(18)4-5-15(10)17/h1-6,8H,7,9H2. The number of hydrogen-bond acceptors (Lipinski definition) is 2. The highest BCUT2D eigenvalue weighted by Gasteiger charge is 2.09. The van der Waals surface area contributed by atoms with E-state index in [1.807, 2.05) is 24.3 Å². The maximum Gasteiger partial charge on any atom is 0.147 e. The monoisotopic (exact) mass is 416 g/mol. The van der Waals surface area contributed by atoms with Gasteiger partial charge in [-0.25, -0.2) is 4.39 Å². The first kappa shape index (κ1) is 15.7. The Kier molecular flexibility index (Phi) is 5.81. The summed E-state index contributed by atoms with van der Waals surface area (Å²) < 4.78 is 14.9. The summed E-state index contributed by atoms with van der Waals surface area (Å²) >= 11 is 8.21. The molecule has 0 amide bonds. The van der Waals surface area contributed by atoms with Gasteiger partial charge in [-0.3, -0.25) is 4.79 Å². The van der Waals surface area contributed by atoms with E-state index in [1.54, 1.807) is 6.07 Å². The molecule has 0 aliphatic rings. The van der Waals surface area contributed by atoms with Crippen molar-refractivity contribution in [2.24, 2.45) is 0 Å². The molecule has 0 aliphatic heterocycles. The Bertz CT molecular complexity index is 631. The third-order valence-corrected chi connectivity index (χ3v) is 4.91. The van der Waals surface area contributed by atoms with Crippen LogP contribution in [0.5, 0.6) is 0 Å². The molecular formula is C15H11Br2FOS. The summed E-state index contributed by atoms with van der Waals surface area (Å²) in [5.41, 5.74) is 0.685. The highest BCUT2D eigenvalue weighted by molar-refractivity contribution is 9.10. The number of Topliss-reactive ketones (excluding diaryl/α,β-unsaturated/α-hetero) is 1. The number of benzene rings is 2. The second-order valence-corrected chi connectivity index (χ2v) is 7.02. The van der Waals surface area contributed by atoms with Crippen LogP contribution in [0.2, 0.25) is 0 Å². The summed E-state index contributed by atoms with van der Waals surface area (Å²) in [6.07, 6.45) is 0.235. The molecule has 0 aromatic heterocycles. The van der Waals surface area contributed by atoms with Crippen molar-refractivity contribution in [1.82, 2.24) is 0 Å². The maximum atomic E-state index is 13.2. The van der Waals surface area contributed by atoms with Crippen LogP contribution in [0.1, 0.15) is 5.56 Å². The summed E-state index contributed by atoms with van der Waals surface area (Å²) in [6.45, 7) is 0. The Labute approximate surface area is 138 Å². The quantitative estimate of drug-likeness (QED) is 0.617. The molecule has 1 nitrogen and oxygen atoms in total. The van der Waals surface area contributed by atoms with Crippen LogP contribution < -0.4 is 0 Å². The van der Waals surface area contributed by atoms with E-state index in [0.29, 0.717) is 11.3 Å². The summed E-state index contributed by atoms with van der Waals surface area (Å²) in [4.78, 5) is 13.0. The lowest BCUT2D eigenvalue weighted by Crippen LogP contribution is -2.06. The van der Waals surface area contributed by atoms with Gasteiger partial charge >= 0.3 is 0 Å². The molecule has 0 N–H and O–H groups in total. The maximum absolute atomic E-state index is 13.2. The van der Waals surface area contributed by atoms with Crippen molar-refractivity contribution in [3.63, 3.8) is 0 Å². The molecule has 0 spiro atoms. The molecule has 2 rings (SSSR count). The molecule has 104 valence electrons. The topological polar surface area (TPSA) is 17.1 Å². The molecule has 20 heavy (non-hydrogen) atoms. The molecule has 0 atom stereocenters. The molecule has 2 aromatic rings. The minimum Gasteiger partial charge on any atom is -0.298 e. The molecule has 0 unspecified atom stereocenters. The number of hydrogen-bond donors (Lipinski definition) is 0. The number of thioether (sulfide) groups is 1. The van der Waals surface area contributed by atoms with E-state index in [9.17, 15) is 9.18 Å². The van der Waals surface area contributed by atoms with Gasteiger partial charge in [0, 0.05) is 20.3 Å². The smallest absolute Gasteiger partial charge is 0.147 e. The van der Waals surface area contributed by atoms with Crippen LogP contribution >= 0.6 is 43.6 Å². The van der Waals surface area contributed by atoms with Crippen LogP contribution in [0.25, 0.3) is 0 Å². The zero-order chi connectivity index (χ0) is 14.5. The van der Waals surface area contributed by atoms with E-state index >= 15 is 0 Å². The number of carbonyl (C=O) groups is 1. The third-order valence-electron chi connectivity index (χ3n) is 2.59. The summed E-state index contributed by atoms with van der Waals surface area (Å²) in [5, 5.41) is 0. The summed E-state index contributed by atoms with van der Waals surface area (Å²) in [7, 11) is 0. The number of halogens is 3. The molecule has 0 fully saturated rings. The molecule has 0 radical (unpaired) electrons. The van der Waals surface area contributed by atoms with Gasteiger partial charge in [-0.1, -0.05) is 37.9 Å². The van der Waals surface area contributed by atoms with Gasteiger partial charge in [0.2, 0.25) is 0 Å². The van der Waals surface area contributed by atoms with Crippen molar-refractivity contribution in [2.75, 3.05) is 5.75 Å². The molecule has 2 aromatic carbocycles. The van der Waals surface area contributed by atoms with Gasteiger partial charge in [0.25, 0.3) is 0 Å². The fourth-order valence-corrected chi connectivity index (χ4v) is 3.42. The number of ketones is 1. The fourth-order valence-electron chi connectivity index (χ4n) is 1.66. The summed E-state index contributed by atoms with van der Waals surface area (Å²) in [5.74, 6) is 0.122. The van der Waals surface area contributed by atoms with E-state index < -0.39 is 0 Å². The highest BCUT2D eigenvalue weighted by atomic mass is 79.9. The first-order valence-corrected chi connectivity index (χ1v) is 8.46. The van der Waals surface area contributed by atoms with Crippen LogP contribution in [-0.4, -0.2) is 11.5 Å². The lowest BCUT2D eigenvalue weighted by molar-refractivity contribution is -0.116. The number of rotatable bonds is 5. The largest absolute Gasteiger partial charge is 0.298 e. The van der Waals surface area contributed by atoms with Crippen molar-refractivity contribution in [3.8, 4) is 0 Å². The van der Waals surface area contributed by atoms with Gasteiger partial charge in [-0.15, -0.1) is 11.8 Å². The van der Waals surface area contributed by atoms with Gasteiger partial charge < -0.3 is 0 Å². The van der Waals surface area contributed by atoms with Gasteiger partial charge in [-0.05, 0) is 42.0 Å². The van der Waals surface area contributed by atoms with Crippen molar-refractivity contribution in [1.29, 1.82) is 0 Å². The minimum absolute atomic E-state index is 0.0706. The van der Waals surface area contributed by atoms with Crippen LogP contribution in [0, 0.1) is 5.82 Å². The van der Waals surface area contributed by atoms with Crippen LogP contribution in [-0.2, 0) is 11.2 Å². The van der Waals surface area contributed by atoms with E-state index in [2.05, 4.69) is 31.9 Å². The predicted octanol–water partition coefficient (Wildman–Crippen LogP) is 5.25. The van der Waals surface area contributed by atoms with Crippen molar-refractivity contribution >= 4 is 49.4 Å². The fraction of sp³-hybridized carbons (Fsp3) is 0.133. The van der Waals surface area contributed by atoms with Gasteiger partial charge in [0.1, 0.15) is 11.6 Å². The molecule has 0 saturated heterocycles. The average Bonchev–Trinajstić information content (AvgIpc) is 2.41. The zero-order valence-electron chi connectivity index (χ0n) is 10.4. The Hall–Kier alpha value is -0.650. The van der Waals surface area contributed by atoms with Crippen molar-refractivity contribution < 1.29 is 9.18 Å². The molecule has 0 aliphatic carbocycles. The lowest BCUT2D eigenvalue weighted by atomic mass is 10.1. The Balaban J connectivity index is 1.94. The van der Waals surface area contributed by atoms with E-state index in [-0.39, 0.29) is 18.0 Å². The van der Waals surface area contributed by atoms with Gasteiger partial charge in [0.05, 0.1) is 5.75 Å². The van der Waals surface area contributed by atoms with Crippen LogP contribution in [0.15, 0.2) is 56.3 Å². The second-order valence-electron chi connectivity index (χ2n) is 4.20. The van der Waals surface area contributed by atoms with Gasteiger partial charge in [-0.2, -0.15) is 0 Å². The zero-order valence-corrected chi connectivity index (χ0v) is 14.4. The number of carbonyl (C=O) groups excluding carboxylic acids is 1. The predicted molar refractivity (Wildman–Crippen MR) is 87.7 cm³/mol. The SMILES string of the molecule is O=C(CSc1cccc(Br)c1)Cc1cc(F)ccc1Br. The average molecular weight is 418 g/mol. The first-order valence-electron chi connectivity index (χ1n) is 5.88.